The van der Waals surface area contributed by atoms with Gasteiger partial charge in [0, 0.05) is 31.6 Å². The van der Waals surface area contributed by atoms with Crippen LogP contribution in [0.3, 0.4) is 0 Å². The monoisotopic (exact) mass is 222 g/mol. The number of hydrogen-bond acceptors (Lipinski definition) is 3. The van der Waals surface area contributed by atoms with E-state index in [9.17, 15) is 0 Å². The van der Waals surface area contributed by atoms with E-state index in [0.717, 1.165) is 18.1 Å². The second-order valence-corrected chi connectivity index (χ2v) is 3.53. The predicted octanol–water partition coefficient (Wildman–Crippen LogP) is 1.94. The highest BCUT2D eigenvalue weighted by Crippen LogP contribution is 2.07. The SMILES string of the molecule is CCn1ccnc1Cc1cncc(Cl)n1. The first-order chi connectivity index (χ1) is 7.29. The Morgan fingerprint density at radius 3 is 3.00 bits per heavy atom. The minimum atomic E-state index is 0.419. The van der Waals surface area contributed by atoms with Gasteiger partial charge in [-0.15, -0.1) is 0 Å². The van der Waals surface area contributed by atoms with E-state index < -0.39 is 0 Å². The average Bonchev–Trinajstić information content (AvgIpc) is 2.65. The normalized spacial score (nSPS) is 10.5. The van der Waals surface area contributed by atoms with Gasteiger partial charge in [0.15, 0.2) is 0 Å². The summed E-state index contributed by atoms with van der Waals surface area (Å²) in [5, 5.41) is 0.419. The molecule has 0 aromatic carbocycles. The van der Waals surface area contributed by atoms with Crippen molar-refractivity contribution in [3.63, 3.8) is 0 Å². The average molecular weight is 223 g/mol. The van der Waals surface area contributed by atoms with Crippen LogP contribution in [0.2, 0.25) is 5.15 Å². The van der Waals surface area contributed by atoms with Crippen LogP contribution in [0.1, 0.15) is 18.4 Å². The molecule has 4 nitrogen and oxygen atoms in total. The Bertz CT molecular complexity index is 452. The molecule has 5 heteroatoms. The summed E-state index contributed by atoms with van der Waals surface area (Å²) < 4.78 is 2.07. The lowest BCUT2D eigenvalue weighted by Gasteiger charge is -2.03. The van der Waals surface area contributed by atoms with Crippen molar-refractivity contribution in [1.82, 2.24) is 19.5 Å². The van der Waals surface area contributed by atoms with Gasteiger partial charge in [0.25, 0.3) is 0 Å². The van der Waals surface area contributed by atoms with Crippen LogP contribution in [-0.2, 0) is 13.0 Å². The van der Waals surface area contributed by atoms with E-state index >= 15 is 0 Å². The third-order valence-electron chi connectivity index (χ3n) is 2.14. The molecule has 0 saturated heterocycles. The third-order valence-corrected chi connectivity index (χ3v) is 2.32. The molecule has 2 heterocycles. The summed E-state index contributed by atoms with van der Waals surface area (Å²) in [5.41, 5.74) is 0.836. The molecule has 0 amide bonds. The Hall–Kier alpha value is -1.42. The van der Waals surface area contributed by atoms with E-state index in [-0.39, 0.29) is 0 Å². The molecule has 0 atom stereocenters. The van der Waals surface area contributed by atoms with Gasteiger partial charge in [-0.3, -0.25) is 4.98 Å². The zero-order valence-electron chi connectivity index (χ0n) is 8.39. The van der Waals surface area contributed by atoms with E-state index in [2.05, 4.69) is 26.4 Å². The molecule has 0 aliphatic heterocycles. The lowest BCUT2D eigenvalue weighted by molar-refractivity contribution is 0.707. The Labute approximate surface area is 93.0 Å². The van der Waals surface area contributed by atoms with Crippen LogP contribution < -0.4 is 0 Å². The van der Waals surface area contributed by atoms with Crippen molar-refractivity contribution in [3.8, 4) is 0 Å². The molecule has 0 spiro atoms. The Morgan fingerprint density at radius 1 is 1.40 bits per heavy atom. The summed E-state index contributed by atoms with van der Waals surface area (Å²) in [7, 11) is 0. The lowest BCUT2D eigenvalue weighted by Crippen LogP contribution is -2.03. The highest BCUT2D eigenvalue weighted by molar-refractivity contribution is 6.29. The highest BCUT2D eigenvalue weighted by atomic mass is 35.5. The number of imidazole rings is 1. The Balaban J connectivity index is 2.22. The summed E-state index contributed by atoms with van der Waals surface area (Å²) in [4.78, 5) is 12.4. The third kappa shape index (κ3) is 2.33. The van der Waals surface area contributed by atoms with Crippen LogP contribution >= 0.6 is 11.6 Å². The molecule has 78 valence electrons. The highest BCUT2D eigenvalue weighted by Gasteiger charge is 2.04. The number of hydrogen-bond donors (Lipinski definition) is 0. The van der Waals surface area contributed by atoms with Gasteiger partial charge in [-0.2, -0.15) is 0 Å². The van der Waals surface area contributed by atoms with Crippen molar-refractivity contribution in [1.29, 1.82) is 0 Å². The number of halogens is 1. The van der Waals surface area contributed by atoms with Crippen LogP contribution in [0, 0.1) is 0 Å². The molecule has 0 aliphatic rings. The van der Waals surface area contributed by atoms with E-state index in [1.807, 2.05) is 6.20 Å². The predicted molar refractivity (Wildman–Crippen MR) is 57.7 cm³/mol. The van der Waals surface area contributed by atoms with Gasteiger partial charge in [0.1, 0.15) is 11.0 Å². The lowest BCUT2D eigenvalue weighted by atomic mass is 10.3. The summed E-state index contributed by atoms with van der Waals surface area (Å²) in [6, 6.07) is 0. The van der Waals surface area contributed by atoms with Crippen molar-refractivity contribution in [3.05, 3.63) is 41.5 Å². The molecule has 0 aliphatic carbocycles. The molecule has 0 N–H and O–H groups in total. The Kier molecular flexibility index (Phi) is 2.97. The van der Waals surface area contributed by atoms with Crippen molar-refractivity contribution >= 4 is 11.6 Å². The fourth-order valence-corrected chi connectivity index (χ4v) is 1.59. The van der Waals surface area contributed by atoms with Crippen molar-refractivity contribution in [2.75, 3.05) is 0 Å². The molecule has 2 aromatic heterocycles. The van der Waals surface area contributed by atoms with Gasteiger partial charge in [-0.25, -0.2) is 9.97 Å². The maximum absolute atomic E-state index is 5.76. The molecule has 0 radical (unpaired) electrons. The van der Waals surface area contributed by atoms with E-state index in [1.165, 1.54) is 6.20 Å². The van der Waals surface area contributed by atoms with Crippen LogP contribution in [0.25, 0.3) is 0 Å². The fourth-order valence-electron chi connectivity index (χ4n) is 1.42. The number of nitrogens with zero attached hydrogens (tertiary/aromatic N) is 4. The standard InChI is InChI=1S/C10H11ClN4/c1-2-15-4-3-13-10(15)5-8-6-12-7-9(11)14-8/h3-4,6-7H,2,5H2,1H3. The second-order valence-electron chi connectivity index (χ2n) is 3.14. The molecule has 2 aromatic rings. The summed E-state index contributed by atoms with van der Waals surface area (Å²) in [6.45, 7) is 2.98. The van der Waals surface area contributed by atoms with E-state index in [0.29, 0.717) is 11.6 Å². The van der Waals surface area contributed by atoms with Crippen LogP contribution in [0.4, 0.5) is 0 Å². The van der Waals surface area contributed by atoms with Gasteiger partial charge in [0.05, 0.1) is 11.9 Å². The summed E-state index contributed by atoms with van der Waals surface area (Å²) in [6.07, 6.45) is 7.64. The van der Waals surface area contributed by atoms with Gasteiger partial charge >= 0.3 is 0 Å². The van der Waals surface area contributed by atoms with Gasteiger partial charge in [0.2, 0.25) is 0 Å². The van der Waals surface area contributed by atoms with Crippen LogP contribution in [-0.4, -0.2) is 19.5 Å². The fraction of sp³-hybridized carbons (Fsp3) is 0.300. The van der Waals surface area contributed by atoms with Gasteiger partial charge in [-0.1, -0.05) is 11.6 Å². The molecular weight excluding hydrogens is 212 g/mol. The number of aryl methyl sites for hydroxylation is 1. The number of aromatic nitrogens is 4. The molecule has 0 fully saturated rings. The summed E-state index contributed by atoms with van der Waals surface area (Å²) in [5.74, 6) is 0.981. The second kappa shape index (κ2) is 4.40. The largest absolute Gasteiger partial charge is 0.335 e. The number of rotatable bonds is 3. The molecule has 0 bridgehead atoms. The van der Waals surface area contributed by atoms with Crippen LogP contribution in [0.5, 0.6) is 0 Å². The van der Waals surface area contributed by atoms with Crippen LogP contribution in [0.15, 0.2) is 24.8 Å². The minimum absolute atomic E-state index is 0.419. The van der Waals surface area contributed by atoms with Crippen molar-refractivity contribution in [2.24, 2.45) is 0 Å². The van der Waals surface area contributed by atoms with E-state index in [4.69, 9.17) is 11.6 Å². The van der Waals surface area contributed by atoms with Crippen molar-refractivity contribution < 1.29 is 0 Å². The molecule has 0 unspecified atom stereocenters. The maximum atomic E-state index is 5.76. The maximum Gasteiger partial charge on any atom is 0.147 e. The first kappa shape index (κ1) is 10.1. The molecular formula is C10H11ClN4. The first-order valence-electron chi connectivity index (χ1n) is 4.76. The zero-order valence-corrected chi connectivity index (χ0v) is 9.15. The molecule has 2 rings (SSSR count). The molecule has 0 saturated carbocycles. The minimum Gasteiger partial charge on any atom is -0.335 e. The summed E-state index contributed by atoms with van der Waals surface area (Å²) >= 11 is 5.76. The zero-order chi connectivity index (χ0) is 10.7. The Morgan fingerprint density at radius 2 is 2.27 bits per heavy atom. The van der Waals surface area contributed by atoms with Crippen molar-refractivity contribution in [2.45, 2.75) is 19.9 Å². The smallest absolute Gasteiger partial charge is 0.147 e. The first-order valence-corrected chi connectivity index (χ1v) is 5.14. The topological polar surface area (TPSA) is 43.6 Å². The molecule has 15 heavy (non-hydrogen) atoms. The van der Waals surface area contributed by atoms with E-state index in [1.54, 1.807) is 12.4 Å². The van der Waals surface area contributed by atoms with Gasteiger partial charge in [-0.05, 0) is 6.92 Å². The van der Waals surface area contributed by atoms with Gasteiger partial charge < -0.3 is 4.57 Å². The quantitative estimate of drug-likeness (QED) is 0.797.